The Bertz CT molecular complexity index is 1190. The summed E-state index contributed by atoms with van der Waals surface area (Å²) in [6.45, 7) is 0. The molecule has 1 aromatic heterocycles. The van der Waals surface area contributed by atoms with E-state index in [1.807, 2.05) is 6.07 Å². The first-order valence-electron chi connectivity index (χ1n) is 9.88. The maximum absolute atomic E-state index is 12.3. The molecule has 0 amide bonds. The Morgan fingerprint density at radius 3 is 2.18 bits per heavy atom. The topological polar surface area (TPSA) is 110 Å². The summed E-state index contributed by atoms with van der Waals surface area (Å²) in [6, 6.07) is 13.1. The highest BCUT2D eigenvalue weighted by Crippen LogP contribution is 2.28. The van der Waals surface area contributed by atoms with Crippen LogP contribution in [0.3, 0.4) is 0 Å². The van der Waals surface area contributed by atoms with Crippen molar-refractivity contribution in [3.8, 4) is 34.7 Å². The van der Waals surface area contributed by atoms with Gasteiger partial charge in [-0.05, 0) is 61.4 Å². The summed E-state index contributed by atoms with van der Waals surface area (Å²) in [7, 11) is 0. The Hall–Kier alpha value is -4.20. The lowest BCUT2D eigenvalue weighted by Gasteiger charge is -2.12. The molecule has 33 heavy (non-hydrogen) atoms. The molecule has 1 fully saturated rings. The second kappa shape index (κ2) is 9.12. The molecule has 4 rings (SSSR count). The Morgan fingerprint density at radius 1 is 0.970 bits per heavy atom. The summed E-state index contributed by atoms with van der Waals surface area (Å²) in [5, 5.41) is 12.2. The number of nitriles is 1. The van der Waals surface area contributed by atoms with E-state index in [0.29, 0.717) is 29.9 Å². The van der Waals surface area contributed by atoms with Gasteiger partial charge < -0.3 is 14.8 Å². The molecule has 2 aromatic carbocycles. The van der Waals surface area contributed by atoms with Gasteiger partial charge in [0.1, 0.15) is 23.3 Å². The number of hydrogen-bond donors (Lipinski definition) is 1. The van der Waals surface area contributed by atoms with Crippen molar-refractivity contribution >= 4 is 11.7 Å². The number of benzene rings is 2. The van der Waals surface area contributed by atoms with Crippen LogP contribution in [0.1, 0.15) is 25.1 Å². The van der Waals surface area contributed by atoms with E-state index < -0.39 is 6.36 Å². The molecule has 1 saturated carbocycles. The van der Waals surface area contributed by atoms with Crippen LogP contribution >= 0.6 is 0 Å². The van der Waals surface area contributed by atoms with Crippen molar-refractivity contribution in [3.05, 3.63) is 54.4 Å². The van der Waals surface area contributed by atoms with Crippen LogP contribution in [0.4, 0.5) is 19.1 Å². The van der Waals surface area contributed by atoms with Crippen molar-refractivity contribution in [1.82, 2.24) is 15.0 Å². The number of carbonyl (C=O) groups excluding carboxylic acids is 1. The average Bonchev–Trinajstić information content (AvgIpc) is 3.18. The van der Waals surface area contributed by atoms with E-state index in [2.05, 4.69) is 25.0 Å². The molecule has 0 saturated heterocycles. The third kappa shape index (κ3) is 5.74. The number of ether oxygens (including phenoxy) is 2. The molecule has 1 atom stereocenters. The summed E-state index contributed by atoms with van der Waals surface area (Å²) in [4.78, 5) is 24.3. The molecule has 8 nitrogen and oxygen atoms in total. The first kappa shape index (κ1) is 22.0. The highest BCUT2D eigenvalue weighted by Gasteiger charge is 2.31. The van der Waals surface area contributed by atoms with Crippen molar-refractivity contribution in [2.75, 3.05) is 5.32 Å². The molecular formula is C22H16F3N5O3. The van der Waals surface area contributed by atoms with Gasteiger partial charge in [0, 0.05) is 12.0 Å². The third-order valence-electron chi connectivity index (χ3n) is 4.75. The fraction of sp³-hybridized carbons (Fsp3) is 0.227. The number of Topliss-reactive ketones (excluding diaryl/α,β-unsaturated/α-hetero) is 1. The molecule has 3 aromatic rings. The van der Waals surface area contributed by atoms with Crippen molar-refractivity contribution in [2.24, 2.45) is 0 Å². The monoisotopic (exact) mass is 455 g/mol. The minimum absolute atomic E-state index is 0.0787. The number of halogens is 3. The van der Waals surface area contributed by atoms with Gasteiger partial charge in [0.05, 0.1) is 6.04 Å². The number of anilines is 1. The van der Waals surface area contributed by atoms with Crippen LogP contribution in [0.25, 0.3) is 11.4 Å². The summed E-state index contributed by atoms with van der Waals surface area (Å²) >= 11 is 0. The SMILES string of the molecule is N#Cc1nc(N[C@H]2CCCC2=O)nc(-c2ccc(Oc3ccc(OC(F)(F)F)cc3)cc2)n1. The van der Waals surface area contributed by atoms with Gasteiger partial charge in [-0.1, -0.05) is 0 Å². The lowest BCUT2D eigenvalue weighted by Crippen LogP contribution is -2.25. The minimum Gasteiger partial charge on any atom is -0.457 e. The first-order valence-corrected chi connectivity index (χ1v) is 9.88. The van der Waals surface area contributed by atoms with Crippen LogP contribution < -0.4 is 14.8 Å². The van der Waals surface area contributed by atoms with Crippen molar-refractivity contribution < 1.29 is 27.4 Å². The van der Waals surface area contributed by atoms with Gasteiger partial charge >= 0.3 is 6.36 Å². The minimum atomic E-state index is -4.76. The molecule has 0 bridgehead atoms. The average molecular weight is 455 g/mol. The zero-order valence-corrected chi connectivity index (χ0v) is 17.0. The molecule has 0 spiro atoms. The van der Waals surface area contributed by atoms with Gasteiger partial charge in [0.2, 0.25) is 11.8 Å². The van der Waals surface area contributed by atoms with Gasteiger partial charge in [-0.2, -0.15) is 20.2 Å². The molecule has 11 heteroatoms. The molecule has 1 N–H and O–H groups in total. The van der Waals surface area contributed by atoms with Gasteiger partial charge in [0.25, 0.3) is 0 Å². The van der Waals surface area contributed by atoms with Crippen LogP contribution in [-0.4, -0.2) is 33.1 Å². The summed E-state index contributed by atoms with van der Waals surface area (Å²) in [6.07, 6.45) is -2.79. The van der Waals surface area contributed by atoms with Crippen LogP contribution in [-0.2, 0) is 4.79 Å². The lowest BCUT2D eigenvalue weighted by molar-refractivity contribution is -0.274. The molecule has 1 aliphatic rings. The zero-order chi connectivity index (χ0) is 23.4. The Kier molecular flexibility index (Phi) is 6.08. The number of hydrogen-bond acceptors (Lipinski definition) is 8. The van der Waals surface area contributed by atoms with E-state index in [-0.39, 0.29) is 35.2 Å². The van der Waals surface area contributed by atoms with E-state index in [4.69, 9.17) is 4.74 Å². The lowest BCUT2D eigenvalue weighted by atomic mass is 10.2. The second-order valence-corrected chi connectivity index (χ2v) is 7.12. The third-order valence-corrected chi connectivity index (χ3v) is 4.75. The predicted molar refractivity (Wildman–Crippen MR) is 109 cm³/mol. The van der Waals surface area contributed by atoms with Gasteiger partial charge in [-0.15, -0.1) is 13.2 Å². The van der Waals surface area contributed by atoms with E-state index in [0.717, 1.165) is 18.6 Å². The Morgan fingerprint density at radius 2 is 1.61 bits per heavy atom. The predicted octanol–water partition coefficient (Wildman–Crippen LogP) is 4.63. The zero-order valence-electron chi connectivity index (χ0n) is 17.0. The standard InChI is InChI=1S/C22H16F3N5O3/c23-22(24,25)33-16-10-8-15(9-11-16)32-14-6-4-13(5-7-14)20-28-19(12-26)29-21(30-20)27-17-2-1-3-18(17)31/h4-11,17H,1-3H2,(H,27,28,29,30)/t17-/m0/s1. The van der Waals surface area contributed by atoms with E-state index in [1.54, 1.807) is 24.3 Å². The largest absolute Gasteiger partial charge is 0.573 e. The highest BCUT2D eigenvalue weighted by molar-refractivity contribution is 5.88. The van der Waals surface area contributed by atoms with Crippen LogP contribution in [0.5, 0.6) is 17.2 Å². The van der Waals surface area contributed by atoms with Gasteiger partial charge in [0.15, 0.2) is 11.6 Å². The second-order valence-electron chi connectivity index (χ2n) is 7.12. The normalized spacial score (nSPS) is 15.7. The highest BCUT2D eigenvalue weighted by atomic mass is 19.4. The van der Waals surface area contributed by atoms with Crippen molar-refractivity contribution in [2.45, 2.75) is 31.7 Å². The van der Waals surface area contributed by atoms with Crippen LogP contribution in [0.2, 0.25) is 0 Å². The number of nitrogens with zero attached hydrogens (tertiary/aromatic N) is 4. The van der Waals surface area contributed by atoms with Gasteiger partial charge in [-0.25, -0.2) is 0 Å². The fourth-order valence-electron chi connectivity index (χ4n) is 3.26. The van der Waals surface area contributed by atoms with E-state index >= 15 is 0 Å². The quantitative estimate of drug-likeness (QED) is 0.573. The number of nitrogens with one attached hydrogen (secondary N) is 1. The number of aromatic nitrogens is 3. The summed E-state index contributed by atoms with van der Waals surface area (Å²) < 4.78 is 46.2. The molecule has 168 valence electrons. The summed E-state index contributed by atoms with van der Waals surface area (Å²) in [5.41, 5.74) is 0.580. The molecule has 0 aliphatic heterocycles. The molecule has 1 aliphatic carbocycles. The maximum Gasteiger partial charge on any atom is 0.573 e. The van der Waals surface area contributed by atoms with E-state index in [1.165, 1.54) is 12.1 Å². The molecule has 1 heterocycles. The molecular weight excluding hydrogens is 439 g/mol. The van der Waals surface area contributed by atoms with Gasteiger partial charge in [-0.3, -0.25) is 4.79 Å². The Labute approximate surface area is 186 Å². The number of alkyl halides is 3. The smallest absolute Gasteiger partial charge is 0.457 e. The van der Waals surface area contributed by atoms with Crippen molar-refractivity contribution in [1.29, 1.82) is 5.26 Å². The summed E-state index contributed by atoms with van der Waals surface area (Å²) in [5.74, 6) is 0.777. The van der Waals surface area contributed by atoms with E-state index in [9.17, 15) is 23.2 Å². The first-order chi connectivity index (χ1) is 15.8. The van der Waals surface area contributed by atoms with Crippen LogP contribution in [0, 0.1) is 11.3 Å². The number of rotatable bonds is 6. The maximum atomic E-state index is 12.3. The fourth-order valence-corrected chi connectivity index (χ4v) is 3.26. The molecule has 0 unspecified atom stereocenters. The number of ketones is 1. The molecule has 0 radical (unpaired) electrons. The number of carbonyl (C=O) groups is 1. The van der Waals surface area contributed by atoms with Crippen LogP contribution in [0.15, 0.2) is 48.5 Å². The Balaban J connectivity index is 1.48. The van der Waals surface area contributed by atoms with Crippen molar-refractivity contribution in [3.63, 3.8) is 0 Å².